The number of nitrogens with one attached hydrogen (secondary N) is 1. The Hall–Kier alpha value is -3.26. The summed E-state index contributed by atoms with van der Waals surface area (Å²) in [6, 6.07) is 14.5. The van der Waals surface area contributed by atoms with Crippen molar-refractivity contribution in [2.75, 3.05) is 11.6 Å². The van der Waals surface area contributed by atoms with E-state index in [1.54, 1.807) is 18.2 Å². The fraction of sp³-hybridized carbons (Fsp3) is 0.143. The van der Waals surface area contributed by atoms with Crippen molar-refractivity contribution in [3.8, 4) is 11.8 Å². The number of anilines is 1. The number of benzene rings is 2. The first-order chi connectivity index (χ1) is 15.2. The van der Waals surface area contributed by atoms with Crippen LogP contribution in [0.25, 0.3) is 6.08 Å². The lowest BCUT2D eigenvalue weighted by Crippen LogP contribution is -2.13. The average molecular weight is 489 g/mol. The van der Waals surface area contributed by atoms with Crippen molar-refractivity contribution in [3.05, 3.63) is 69.8 Å². The van der Waals surface area contributed by atoms with Crippen LogP contribution in [0.4, 0.5) is 5.13 Å². The second kappa shape index (κ2) is 9.91. The zero-order valence-electron chi connectivity index (χ0n) is 17.0. The molecule has 164 valence electrons. The Labute approximate surface area is 194 Å². The molecule has 0 atom stereocenters. The van der Waals surface area contributed by atoms with Gasteiger partial charge in [0.2, 0.25) is 15.0 Å². The maximum absolute atomic E-state index is 12.4. The summed E-state index contributed by atoms with van der Waals surface area (Å²) in [7, 11) is -3.60. The number of halogens is 1. The molecule has 0 bridgehead atoms. The Bertz CT molecular complexity index is 1340. The van der Waals surface area contributed by atoms with E-state index in [4.69, 9.17) is 16.3 Å². The van der Waals surface area contributed by atoms with E-state index in [1.165, 1.54) is 6.08 Å². The molecular weight excluding hydrogens is 472 g/mol. The van der Waals surface area contributed by atoms with Gasteiger partial charge in [0, 0.05) is 17.8 Å². The highest BCUT2D eigenvalue weighted by Gasteiger charge is 2.17. The molecule has 0 aliphatic heterocycles. The Morgan fingerprint density at radius 2 is 2.06 bits per heavy atom. The number of aryl methyl sites for hydroxylation is 1. The Kier molecular flexibility index (Phi) is 7.25. The highest BCUT2D eigenvalue weighted by atomic mass is 35.5. The van der Waals surface area contributed by atoms with Crippen LogP contribution in [0.15, 0.2) is 53.2 Å². The summed E-state index contributed by atoms with van der Waals surface area (Å²) < 4.78 is 32.4. The van der Waals surface area contributed by atoms with E-state index in [2.05, 4.69) is 14.7 Å². The molecule has 0 aliphatic carbocycles. The van der Waals surface area contributed by atoms with Gasteiger partial charge in [-0.15, -0.1) is 0 Å². The van der Waals surface area contributed by atoms with E-state index >= 15 is 0 Å². The number of sulfone groups is 1. The van der Waals surface area contributed by atoms with Crippen LogP contribution in [0.1, 0.15) is 16.7 Å². The van der Waals surface area contributed by atoms with Crippen LogP contribution in [0, 0.1) is 18.3 Å². The minimum Gasteiger partial charge on any atom is -0.487 e. The van der Waals surface area contributed by atoms with Crippen molar-refractivity contribution in [3.63, 3.8) is 0 Å². The number of rotatable bonds is 7. The van der Waals surface area contributed by atoms with Gasteiger partial charge in [-0.05, 0) is 41.8 Å². The van der Waals surface area contributed by atoms with Gasteiger partial charge in [-0.25, -0.2) is 8.42 Å². The molecule has 32 heavy (non-hydrogen) atoms. The van der Waals surface area contributed by atoms with Crippen LogP contribution >= 0.6 is 23.1 Å². The van der Waals surface area contributed by atoms with Gasteiger partial charge in [0.1, 0.15) is 24.0 Å². The monoisotopic (exact) mass is 488 g/mol. The van der Waals surface area contributed by atoms with E-state index in [-0.39, 0.29) is 10.7 Å². The van der Waals surface area contributed by atoms with Crippen molar-refractivity contribution in [2.24, 2.45) is 0 Å². The van der Waals surface area contributed by atoms with E-state index in [1.807, 2.05) is 37.3 Å². The number of nitrogens with zero attached hydrogens (tertiary/aromatic N) is 3. The second-order valence-corrected chi connectivity index (χ2v) is 9.75. The number of aromatic nitrogens is 2. The van der Waals surface area contributed by atoms with E-state index in [0.717, 1.165) is 17.4 Å². The van der Waals surface area contributed by atoms with Crippen molar-refractivity contribution >= 4 is 50.1 Å². The number of ether oxygens (including phenoxy) is 1. The molecule has 0 fully saturated rings. The maximum Gasteiger partial charge on any atom is 0.268 e. The summed E-state index contributed by atoms with van der Waals surface area (Å²) in [6.07, 6.45) is 2.31. The molecule has 1 amide bonds. The largest absolute Gasteiger partial charge is 0.487 e. The number of hydrogen-bond acceptors (Lipinski definition) is 8. The van der Waals surface area contributed by atoms with Gasteiger partial charge in [0.05, 0.1) is 5.02 Å². The minimum atomic E-state index is -3.60. The van der Waals surface area contributed by atoms with Crippen molar-refractivity contribution in [2.45, 2.75) is 18.7 Å². The summed E-state index contributed by atoms with van der Waals surface area (Å²) in [4.78, 5) is 16.1. The molecule has 11 heteroatoms. The van der Waals surface area contributed by atoms with Gasteiger partial charge in [-0.3, -0.25) is 10.1 Å². The third-order valence-electron chi connectivity index (χ3n) is 4.24. The lowest BCUT2D eigenvalue weighted by Gasteiger charge is -2.10. The molecule has 0 radical (unpaired) electrons. The molecule has 0 spiro atoms. The lowest BCUT2D eigenvalue weighted by molar-refractivity contribution is -0.112. The van der Waals surface area contributed by atoms with Crippen LogP contribution in [-0.2, 0) is 21.2 Å². The molecule has 1 N–H and O–H groups in total. The predicted octanol–water partition coefficient (Wildman–Crippen LogP) is 4.03. The van der Waals surface area contributed by atoms with Gasteiger partial charge in [-0.2, -0.15) is 14.6 Å². The second-order valence-electron chi connectivity index (χ2n) is 6.68. The standard InChI is InChI=1S/C21H17ClN4O4S2/c1-13-5-3-4-6-15(13)12-30-18-8-7-14(10-17(18)22)9-16(11-23)19(27)24-20-25-21(26-31-20)32(2,28)29/h3-10H,12H2,1-2H3,(H,24,25,26,27)/b16-9-. The van der Waals surface area contributed by atoms with Crippen molar-refractivity contribution < 1.29 is 17.9 Å². The number of carbonyl (C=O) groups is 1. The van der Waals surface area contributed by atoms with Crippen molar-refractivity contribution in [1.82, 2.24) is 9.36 Å². The number of nitriles is 1. The molecule has 8 nitrogen and oxygen atoms in total. The number of hydrogen-bond donors (Lipinski definition) is 1. The first kappa shape index (κ1) is 23.4. The summed E-state index contributed by atoms with van der Waals surface area (Å²) in [5.74, 6) is -0.281. The summed E-state index contributed by atoms with van der Waals surface area (Å²) in [5, 5.41) is 11.6. The number of carbonyl (C=O) groups excluding carboxylic acids is 1. The van der Waals surface area contributed by atoms with Crippen LogP contribution < -0.4 is 10.1 Å². The summed E-state index contributed by atoms with van der Waals surface area (Å²) in [5.41, 5.74) is 2.43. The van der Waals surface area contributed by atoms with Gasteiger partial charge < -0.3 is 4.74 Å². The molecule has 0 unspecified atom stereocenters. The molecule has 3 aromatic rings. The predicted molar refractivity (Wildman–Crippen MR) is 122 cm³/mol. The topological polar surface area (TPSA) is 122 Å². The highest BCUT2D eigenvalue weighted by Crippen LogP contribution is 2.28. The first-order valence-corrected chi connectivity index (χ1v) is 12.2. The smallest absolute Gasteiger partial charge is 0.268 e. The van der Waals surface area contributed by atoms with Crippen LogP contribution in [-0.4, -0.2) is 29.9 Å². The summed E-state index contributed by atoms with van der Waals surface area (Å²) >= 11 is 7.01. The van der Waals surface area contributed by atoms with Gasteiger partial charge in [0.15, 0.2) is 0 Å². The van der Waals surface area contributed by atoms with Gasteiger partial charge >= 0.3 is 0 Å². The maximum atomic E-state index is 12.4. The summed E-state index contributed by atoms with van der Waals surface area (Å²) in [6.45, 7) is 2.34. The molecule has 0 saturated carbocycles. The normalized spacial score (nSPS) is 11.6. The SMILES string of the molecule is Cc1ccccc1COc1ccc(/C=C(/C#N)C(=O)Nc2nc(S(C)(=O)=O)ns2)cc1Cl. The van der Waals surface area contributed by atoms with Gasteiger partial charge in [-0.1, -0.05) is 41.9 Å². The van der Waals surface area contributed by atoms with Crippen molar-refractivity contribution in [1.29, 1.82) is 5.26 Å². The highest BCUT2D eigenvalue weighted by molar-refractivity contribution is 7.90. The zero-order chi connectivity index (χ0) is 23.3. The minimum absolute atomic E-state index is 0.0328. The van der Waals surface area contributed by atoms with Gasteiger partial charge in [0.25, 0.3) is 11.1 Å². The molecule has 0 aliphatic rings. The molecule has 1 aromatic heterocycles. The average Bonchev–Trinajstić information content (AvgIpc) is 3.21. The molecule has 3 rings (SSSR count). The van der Waals surface area contributed by atoms with Crippen LogP contribution in [0.3, 0.4) is 0 Å². The Morgan fingerprint density at radius 1 is 1.31 bits per heavy atom. The molecule has 1 heterocycles. The first-order valence-electron chi connectivity index (χ1n) is 9.11. The van der Waals surface area contributed by atoms with Crippen LogP contribution in [0.5, 0.6) is 5.75 Å². The molecule has 0 saturated heterocycles. The third-order valence-corrected chi connectivity index (χ3v) is 6.12. The van der Waals surface area contributed by atoms with E-state index in [0.29, 0.717) is 34.5 Å². The fourth-order valence-corrected chi connectivity index (χ4v) is 4.23. The zero-order valence-corrected chi connectivity index (χ0v) is 19.4. The fourth-order valence-electron chi connectivity index (χ4n) is 2.54. The molecular formula is C21H17ClN4O4S2. The van der Waals surface area contributed by atoms with Crippen LogP contribution in [0.2, 0.25) is 5.02 Å². The third kappa shape index (κ3) is 5.91. The Balaban J connectivity index is 1.72. The Morgan fingerprint density at radius 3 is 2.69 bits per heavy atom. The van der Waals surface area contributed by atoms with E-state index < -0.39 is 20.9 Å². The molecule has 2 aromatic carbocycles. The number of amides is 1. The lowest BCUT2D eigenvalue weighted by atomic mass is 10.1. The quantitative estimate of drug-likeness (QED) is 0.393. The van der Waals surface area contributed by atoms with E-state index in [9.17, 15) is 18.5 Å².